The molecule has 1 saturated heterocycles. The second kappa shape index (κ2) is 8.54. The van der Waals surface area contributed by atoms with Crippen LogP contribution in [0.2, 0.25) is 0 Å². The predicted molar refractivity (Wildman–Crippen MR) is 103 cm³/mol. The Balaban J connectivity index is 2.45. The number of ether oxygens (including phenoxy) is 2. The molecule has 0 radical (unpaired) electrons. The molecule has 0 spiro atoms. The Morgan fingerprint density at radius 2 is 1.85 bits per heavy atom. The molecule has 0 N–H and O–H groups in total. The minimum absolute atomic E-state index is 0.0251. The Hall–Kier alpha value is -1.70. The largest absolute Gasteiger partial charge is 0.525 e. The van der Waals surface area contributed by atoms with Crippen molar-refractivity contribution < 1.29 is 27.6 Å². The monoisotopic (exact) mass is 380 g/mol. The van der Waals surface area contributed by atoms with E-state index in [-0.39, 0.29) is 24.4 Å². The third-order valence-corrected chi connectivity index (χ3v) is 4.98. The van der Waals surface area contributed by atoms with Gasteiger partial charge in [-0.15, -0.1) is 6.58 Å². The predicted octanol–water partition coefficient (Wildman–Crippen LogP) is 4.74. The van der Waals surface area contributed by atoms with E-state index in [2.05, 4.69) is 6.58 Å². The summed E-state index contributed by atoms with van der Waals surface area (Å²) in [6.07, 6.45) is 1.81. The Kier molecular flexibility index (Phi) is 6.84. The van der Waals surface area contributed by atoms with Crippen molar-refractivity contribution in [1.29, 1.82) is 0 Å². The van der Waals surface area contributed by atoms with Crippen molar-refractivity contribution in [2.45, 2.75) is 45.3 Å². The van der Waals surface area contributed by atoms with E-state index >= 15 is 4.39 Å². The van der Waals surface area contributed by atoms with Gasteiger partial charge in [0.1, 0.15) is 5.73 Å². The van der Waals surface area contributed by atoms with E-state index in [1.165, 1.54) is 19.2 Å². The first-order chi connectivity index (χ1) is 12.6. The molecule has 0 aromatic heterocycles. The van der Waals surface area contributed by atoms with Crippen molar-refractivity contribution in [3.8, 4) is 5.75 Å². The minimum atomic E-state index is -1.18. The summed E-state index contributed by atoms with van der Waals surface area (Å²) in [5.41, 5.74) is -1.45. The van der Waals surface area contributed by atoms with Crippen LogP contribution in [0.25, 0.3) is 5.57 Å². The number of hydrogen-bond acceptors (Lipinski definition) is 4. The number of methoxy groups -OCH3 is 1. The third-order valence-electron chi connectivity index (χ3n) is 4.98. The molecule has 1 heterocycles. The zero-order valence-corrected chi connectivity index (χ0v) is 16.6. The van der Waals surface area contributed by atoms with Gasteiger partial charge in [-0.25, -0.2) is 8.78 Å². The second-order valence-corrected chi connectivity index (χ2v) is 7.35. The van der Waals surface area contributed by atoms with Gasteiger partial charge in [0.15, 0.2) is 11.6 Å². The normalized spacial score (nSPS) is 19.0. The molecular formula is C20H27BF2O4. The molecule has 148 valence electrons. The van der Waals surface area contributed by atoms with Crippen LogP contribution in [0, 0.1) is 5.82 Å². The topological polar surface area (TPSA) is 36.9 Å². The molecule has 0 amide bonds. The van der Waals surface area contributed by atoms with E-state index in [1.807, 2.05) is 27.7 Å². The lowest BCUT2D eigenvalue weighted by atomic mass is 9.81. The number of rotatable bonds is 8. The molecule has 1 aromatic rings. The fraction of sp³-hybridized carbons (Fsp3) is 0.500. The molecular weight excluding hydrogens is 353 g/mol. The van der Waals surface area contributed by atoms with Crippen LogP contribution in [-0.2, 0) is 14.0 Å². The van der Waals surface area contributed by atoms with Gasteiger partial charge >= 0.3 is 7.12 Å². The minimum Gasteiger partial charge on any atom is -0.493 e. The molecule has 0 saturated carbocycles. The molecule has 0 atom stereocenters. The lowest BCUT2D eigenvalue weighted by Gasteiger charge is -2.32. The maximum atomic E-state index is 15.5. The summed E-state index contributed by atoms with van der Waals surface area (Å²) >= 11 is 0. The number of benzene rings is 1. The molecule has 0 unspecified atom stereocenters. The average molecular weight is 380 g/mol. The van der Waals surface area contributed by atoms with E-state index in [9.17, 15) is 4.39 Å². The van der Waals surface area contributed by atoms with Crippen LogP contribution in [0.3, 0.4) is 0 Å². The Morgan fingerprint density at radius 3 is 2.41 bits per heavy atom. The van der Waals surface area contributed by atoms with E-state index in [4.69, 9.17) is 18.8 Å². The van der Waals surface area contributed by atoms with Gasteiger partial charge in [-0.05, 0) is 45.8 Å². The maximum Gasteiger partial charge on any atom is 0.525 e. The van der Waals surface area contributed by atoms with Crippen molar-refractivity contribution >= 4 is 12.7 Å². The molecule has 4 nitrogen and oxygen atoms in total. The molecule has 1 fully saturated rings. The summed E-state index contributed by atoms with van der Waals surface area (Å²) in [5, 5.41) is 0. The SMILES string of the molecule is C=CCOCCC(=C(F)B1OC(C)(C)C(C)(C)O1)c1cccc(F)c1OC. The highest BCUT2D eigenvalue weighted by Crippen LogP contribution is 2.42. The fourth-order valence-electron chi connectivity index (χ4n) is 2.77. The highest BCUT2D eigenvalue weighted by Gasteiger charge is 2.53. The van der Waals surface area contributed by atoms with E-state index in [0.29, 0.717) is 12.2 Å². The van der Waals surface area contributed by atoms with Crippen LogP contribution < -0.4 is 4.74 Å². The zero-order chi connectivity index (χ0) is 20.2. The summed E-state index contributed by atoms with van der Waals surface area (Å²) in [6.45, 7) is 11.5. The first-order valence-electron chi connectivity index (χ1n) is 8.90. The average Bonchev–Trinajstić information content (AvgIpc) is 2.82. The van der Waals surface area contributed by atoms with Crippen LogP contribution in [0.5, 0.6) is 5.75 Å². The summed E-state index contributed by atoms with van der Waals surface area (Å²) in [6, 6.07) is 4.38. The van der Waals surface area contributed by atoms with Crippen LogP contribution in [0.15, 0.2) is 36.6 Å². The first kappa shape index (κ1) is 21.6. The number of para-hydroxylation sites is 1. The number of halogens is 2. The summed E-state index contributed by atoms with van der Waals surface area (Å²) in [5.74, 6) is -0.593. The van der Waals surface area contributed by atoms with Crippen molar-refractivity contribution in [2.24, 2.45) is 0 Å². The lowest BCUT2D eigenvalue weighted by molar-refractivity contribution is 0.00578. The smallest absolute Gasteiger partial charge is 0.493 e. The molecule has 1 aliphatic heterocycles. The van der Waals surface area contributed by atoms with Crippen LogP contribution in [0.4, 0.5) is 8.78 Å². The third kappa shape index (κ3) is 4.59. The van der Waals surface area contributed by atoms with Crippen molar-refractivity contribution in [3.63, 3.8) is 0 Å². The van der Waals surface area contributed by atoms with Gasteiger partial charge in [0, 0.05) is 5.56 Å². The molecule has 0 aliphatic carbocycles. The Bertz CT molecular complexity index is 700. The standard InChI is InChI=1S/C20H27BF2O4/c1-7-12-25-13-11-15(14-9-8-10-16(22)17(14)24-6)18(23)21-26-19(2,3)20(4,5)27-21/h7-10H,1,11-13H2,2-6H3. The van der Waals surface area contributed by atoms with E-state index in [1.54, 1.807) is 12.1 Å². The van der Waals surface area contributed by atoms with Crippen LogP contribution in [-0.4, -0.2) is 38.6 Å². The van der Waals surface area contributed by atoms with Crippen molar-refractivity contribution in [2.75, 3.05) is 20.3 Å². The highest BCUT2D eigenvalue weighted by molar-refractivity contribution is 6.55. The van der Waals surface area contributed by atoms with Crippen LogP contribution in [0.1, 0.15) is 39.7 Å². The Morgan fingerprint density at radius 1 is 1.22 bits per heavy atom. The van der Waals surface area contributed by atoms with Gasteiger partial charge in [-0.3, -0.25) is 0 Å². The second-order valence-electron chi connectivity index (χ2n) is 7.35. The quantitative estimate of drug-likeness (QED) is 0.371. The van der Waals surface area contributed by atoms with Gasteiger partial charge in [0.05, 0.1) is 31.5 Å². The molecule has 27 heavy (non-hydrogen) atoms. The summed E-state index contributed by atoms with van der Waals surface area (Å²) < 4.78 is 51.8. The highest BCUT2D eigenvalue weighted by atomic mass is 19.1. The van der Waals surface area contributed by atoms with Gasteiger partial charge < -0.3 is 18.8 Å². The lowest BCUT2D eigenvalue weighted by Crippen LogP contribution is -2.41. The van der Waals surface area contributed by atoms with Gasteiger partial charge in [-0.2, -0.15) is 0 Å². The zero-order valence-electron chi connectivity index (χ0n) is 16.6. The van der Waals surface area contributed by atoms with E-state index in [0.717, 1.165) is 0 Å². The first-order valence-corrected chi connectivity index (χ1v) is 8.90. The molecule has 0 bridgehead atoms. The molecule has 7 heteroatoms. The van der Waals surface area contributed by atoms with Gasteiger partial charge in [0.25, 0.3) is 0 Å². The number of hydrogen-bond donors (Lipinski definition) is 0. The van der Waals surface area contributed by atoms with E-state index < -0.39 is 29.9 Å². The van der Waals surface area contributed by atoms with Gasteiger partial charge in [0.2, 0.25) is 0 Å². The van der Waals surface area contributed by atoms with Crippen molar-refractivity contribution in [3.05, 3.63) is 48.0 Å². The molecule has 1 aromatic carbocycles. The van der Waals surface area contributed by atoms with Crippen LogP contribution >= 0.6 is 0 Å². The fourth-order valence-corrected chi connectivity index (χ4v) is 2.77. The van der Waals surface area contributed by atoms with Crippen molar-refractivity contribution in [1.82, 2.24) is 0 Å². The summed E-state index contributed by atoms with van der Waals surface area (Å²) in [7, 11) is 0.165. The Labute approximate surface area is 160 Å². The molecule has 2 rings (SSSR count). The van der Waals surface area contributed by atoms with Gasteiger partial charge in [-0.1, -0.05) is 18.2 Å². The maximum absolute atomic E-state index is 15.5. The summed E-state index contributed by atoms with van der Waals surface area (Å²) in [4.78, 5) is 0. The molecule has 1 aliphatic rings.